The Kier molecular flexibility index (Phi) is 8.45. The molecule has 1 aliphatic heterocycles. The van der Waals surface area contributed by atoms with Crippen LogP contribution >= 0.6 is 39.9 Å². The van der Waals surface area contributed by atoms with Gasteiger partial charge in [-0.2, -0.15) is 5.01 Å². The van der Waals surface area contributed by atoms with Gasteiger partial charge in [0.15, 0.2) is 15.8 Å². The Labute approximate surface area is 227 Å². The second kappa shape index (κ2) is 11.7. The molecule has 0 radical (unpaired) electrons. The van der Waals surface area contributed by atoms with Gasteiger partial charge in [-0.15, -0.1) is 0 Å². The number of aryl methyl sites for hydroxylation is 1. The summed E-state index contributed by atoms with van der Waals surface area (Å²) >= 11 is 9.80. The number of rotatable bonds is 8. The lowest BCUT2D eigenvalue weighted by atomic mass is 10.1. The summed E-state index contributed by atoms with van der Waals surface area (Å²) in [6.45, 7) is 4.82. The standard InChI is InChI=1S/C27H23BrN2O4S2/c1-3-33-23-14-18(7-12-22(23)34-16-19-6-4-5-17(2)13-19)15-24-26(32)30(27(35)36-24)29-25(31)20-8-10-21(28)11-9-20/h4-15H,3,16H2,1-2H3,(H,29,31)/b24-15+. The monoisotopic (exact) mass is 582 g/mol. The summed E-state index contributed by atoms with van der Waals surface area (Å²) in [6, 6.07) is 20.4. The first kappa shape index (κ1) is 25.9. The van der Waals surface area contributed by atoms with Gasteiger partial charge in [0.2, 0.25) is 0 Å². The number of amides is 2. The van der Waals surface area contributed by atoms with E-state index < -0.39 is 11.8 Å². The molecule has 2 amide bonds. The van der Waals surface area contributed by atoms with Crippen LogP contribution in [0.5, 0.6) is 11.5 Å². The van der Waals surface area contributed by atoms with Gasteiger partial charge in [-0.25, -0.2) is 0 Å². The van der Waals surface area contributed by atoms with Gasteiger partial charge < -0.3 is 9.47 Å². The van der Waals surface area contributed by atoms with Gasteiger partial charge in [-0.3, -0.25) is 15.0 Å². The van der Waals surface area contributed by atoms with Crippen LogP contribution in [0.25, 0.3) is 6.08 Å². The Morgan fingerprint density at radius 3 is 2.58 bits per heavy atom. The zero-order valence-corrected chi connectivity index (χ0v) is 22.8. The van der Waals surface area contributed by atoms with Crippen LogP contribution in [-0.2, 0) is 11.4 Å². The molecule has 36 heavy (non-hydrogen) atoms. The number of thioether (sulfide) groups is 1. The van der Waals surface area contributed by atoms with Crippen molar-refractivity contribution in [1.82, 2.24) is 10.4 Å². The number of carbonyl (C=O) groups excluding carboxylic acids is 2. The van der Waals surface area contributed by atoms with E-state index in [4.69, 9.17) is 21.7 Å². The predicted octanol–water partition coefficient (Wildman–Crippen LogP) is 6.28. The van der Waals surface area contributed by atoms with Crippen molar-refractivity contribution < 1.29 is 19.1 Å². The summed E-state index contributed by atoms with van der Waals surface area (Å²) in [5.74, 6) is 0.379. The van der Waals surface area contributed by atoms with Crippen molar-refractivity contribution in [3.8, 4) is 11.5 Å². The van der Waals surface area contributed by atoms with Crippen LogP contribution in [0, 0.1) is 6.92 Å². The summed E-state index contributed by atoms with van der Waals surface area (Å²) in [7, 11) is 0. The van der Waals surface area contributed by atoms with Crippen molar-refractivity contribution in [2.75, 3.05) is 6.61 Å². The molecule has 0 bridgehead atoms. The molecular weight excluding hydrogens is 560 g/mol. The van der Waals surface area contributed by atoms with Crippen molar-refractivity contribution in [2.45, 2.75) is 20.5 Å². The molecule has 0 aromatic heterocycles. The Bertz CT molecular complexity index is 1340. The average molecular weight is 584 g/mol. The highest BCUT2D eigenvalue weighted by atomic mass is 79.9. The minimum atomic E-state index is -0.422. The number of hydrogen-bond donors (Lipinski definition) is 1. The molecule has 0 spiro atoms. The quantitative estimate of drug-likeness (QED) is 0.249. The van der Waals surface area contributed by atoms with Gasteiger partial charge in [0.05, 0.1) is 11.5 Å². The molecular formula is C27H23BrN2O4S2. The number of halogens is 1. The second-order valence-electron chi connectivity index (χ2n) is 7.88. The number of benzene rings is 3. The number of carbonyl (C=O) groups is 2. The molecule has 3 aromatic carbocycles. The number of nitrogens with one attached hydrogen (secondary N) is 1. The molecule has 1 heterocycles. The summed E-state index contributed by atoms with van der Waals surface area (Å²) in [4.78, 5) is 25.9. The molecule has 9 heteroatoms. The van der Waals surface area contributed by atoms with Gasteiger partial charge in [0.1, 0.15) is 6.61 Å². The molecule has 0 atom stereocenters. The first-order chi connectivity index (χ1) is 17.3. The fourth-order valence-corrected chi connectivity index (χ4v) is 4.89. The molecule has 184 valence electrons. The Morgan fingerprint density at radius 2 is 1.86 bits per heavy atom. The SMILES string of the molecule is CCOc1cc(/C=C2/SC(=S)N(NC(=O)c3ccc(Br)cc3)C2=O)ccc1OCc1cccc(C)c1. The van der Waals surface area contributed by atoms with E-state index in [2.05, 4.69) is 27.4 Å². The third-order valence-corrected chi connectivity index (χ3v) is 6.99. The van der Waals surface area contributed by atoms with Gasteiger partial charge in [0, 0.05) is 10.0 Å². The van der Waals surface area contributed by atoms with Crippen LogP contribution in [0.1, 0.15) is 34.0 Å². The topological polar surface area (TPSA) is 67.9 Å². The molecule has 0 unspecified atom stereocenters. The second-order valence-corrected chi connectivity index (χ2v) is 10.5. The van der Waals surface area contributed by atoms with Gasteiger partial charge in [0.25, 0.3) is 11.8 Å². The lowest BCUT2D eigenvalue weighted by molar-refractivity contribution is -0.123. The first-order valence-electron chi connectivity index (χ1n) is 11.1. The fourth-order valence-electron chi connectivity index (χ4n) is 3.45. The zero-order chi connectivity index (χ0) is 25.7. The van der Waals surface area contributed by atoms with Gasteiger partial charge in [-0.1, -0.05) is 63.6 Å². The van der Waals surface area contributed by atoms with E-state index in [0.29, 0.717) is 35.2 Å². The number of hydrogen-bond acceptors (Lipinski definition) is 6. The van der Waals surface area contributed by atoms with Gasteiger partial charge in [-0.05, 0) is 79.7 Å². The van der Waals surface area contributed by atoms with E-state index in [1.165, 1.54) is 5.56 Å². The van der Waals surface area contributed by atoms with Crippen molar-refractivity contribution in [3.63, 3.8) is 0 Å². The zero-order valence-electron chi connectivity index (χ0n) is 19.6. The largest absolute Gasteiger partial charge is 0.490 e. The lowest BCUT2D eigenvalue weighted by Crippen LogP contribution is -2.44. The fraction of sp³-hybridized carbons (Fsp3) is 0.148. The van der Waals surface area contributed by atoms with Crippen molar-refractivity contribution >= 4 is 62.1 Å². The summed E-state index contributed by atoms with van der Waals surface area (Å²) < 4.78 is 12.9. The summed E-state index contributed by atoms with van der Waals surface area (Å²) in [6.07, 6.45) is 1.72. The molecule has 0 saturated carbocycles. The summed E-state index contributed by atoms with van der Waals surface area (Å²) in [5.41, 5.74) is 5.99. The molecule has 1 fully saturated rings. The molecule has 1 aliphatic rings. The van der Waals surface area contributed by atoms with E-state index in [1.54, 1.807) is 30.3 Å². The normalized spacial score (nSPS) is 14.3. The Balaban J connectivity index is 1.48. The molecule has 3 aromatic rings. The predicted molar refractivity (Wildman–Crippen MR) is 150 cm³/mol. The van der Waals surface area contributed by atoms with Crippen LogP contribution in [0.3, 0.4) is 0 Å². The van der Waals surface area contributed by atoms with E-state index in [9.17, 15) is 9.59 Å². The van der Waals surface area contributed by atoms with Crippen LogP contribution in [-0.4, -0.2) is 27.8 Å². The third-order valence-electron chi connectivity index (χ3n) is 5.16. The highest BCUT2D eigenvalue weighted by Crippen LogP contribution is 2.34. The minimum Gasteiger partial charge on any atom is -0.490 e. The molecule has 1 N–H and O–H groups in total. The Morgan fingerprint density at radius 1 is 1.08 bits per heavy atom. The maximum Gasteiger partial charge on any atom is 0.285 e. The highest BCUT2D eigenvalue weighted by molar-refractivity contribution is 9.10. The number of hydrazine groups is 1. The van der Waals surface area contributed by atoms with Crippen molar-refractivity contribution in [2.24, 2.45) is 0 Å². The highest BCUT2D eigenvalue weighted by Gasteiger charge is 2.33. The number of ether oxygens (including phenoxy) is 2. The molecule has 1 saturated heterocycles. The van der Waals surface area contributed by atoms with E-state index >= 15 is 0 Å². The summed E-state index contributed by atoms with van der Waals surface area (Å²) in [5, 5.41) is 1.10. The van der Waals surface area contributed by atoms with Crippen LogP contribution in [0.15, 0.2) is 76.1 Å². The molecule has 4 rings (SSSR count). The van der Waals surface area contributed by atoms with Gasteiger partial charge >= 0.3 is 0 Å². The number of nitrogens with zero attached hydrogens (tertiary/aromatic N) is 1. The minimum absolute atomic E-state index is 0.250. The lowest BCUT2D eigenvalue weighted by Gasteiger charge is -2.15. The maximum atomic E-state index is 13.0. The smallest absolute Gasteiger partial charge is 0.285 e. The first-order valence-corrected chi connectivity index (χ1v) is 13.2. The van der Waals surface area contributed by atoms with E-state index in [0.717, 1.165) is 32.4 Å². The maximum absolute atomic E-state index is 13.0. The van der Waals surface area contributed by atoms with E-state index in [1.807, 2.05) is 50.2 Å². The molecule has 6 nitrogen and oxygen atoms in total. The van der Waals surface area contributed by atoms with Crippen LogP contribution in [0.2, 0.25) is 0 Å². The van der Waals surface area contributed by atoms with Crippen LogP contribution < -0.4 is 14.9 Å². The molecule has 0 aliphatic carbocycles. The van der Waals surface area contributed by atoms with E-state index in [-0.39, 0.29) is 4.32 Å². The van der Waals surface area contributed by atoms with Crippen molar-refractivity contribution in [1.29, 1.82) is 0 Å². The Hall–Kier alpha value is -3.14. The van der Waals surface area contributed by atoms with Crippen LogP contribution in [0.4, 0.5) is 0 Å². The third kappa shape index (κ3) is 6.34. The average Bonchev–Trinajstić information content (AvgIpc) is 3.11. The number of thiocarbonyl (C=S) groups is 1. The van der Waals surface area contributed by atoms with Crippen molar-refractivity contribution in [3.05, 3.63) is 98.4 Å².